The summed E-state index contributed by atoms with van der Waals surface area (Å²) >= 11 is 0. The molecular weight excluding hydrogens is 374 g/mol. The lowest BCUT2D eigenvalue weighted by Crippen LogP contribution is -2.14. The van der Waals surface area contributed by atoms with Crippen LogP contribution in [0.1, 0.15) is 37.0 Å². The van der Waals surface area contributed by atoms with Crippen LogP contribution in [0.25, 0.3) is 0 Å². The Morgan fingerprint density at radius 1 is 1.21 bits per heavy atom. The van der Waals surface area contributed by atoms with Crippen LogP contribution in [-0.2, 0) is 19.0 Å². The second-order valence-electron chi connectivity index (χ2n) is 6.54. The van der Waals surface area contributed by atoms with Crippen molar-refractivity contribution in [3.05, 3.63) is 65.1 Å². The van der Waals surface area contributed by atoms with Gasteiger partial charge in [0.05, 0.1) is 18.8 Å². The van der Waals surface area contributed by atoms with Gasteiger partial charge in [-0.3, -0.25) is 4.79 Å². The molecule has 0 aromatic heterocycles. The highest BCUT2D eigenvalue weighted by Gasteiger charge is 2.14. The van der Waals surface area contributed by atoms with Gasteiger partial charge in [-0.25, -0.2) is 4.79 Å². The van der Waals surface area contributed by atoms with Gasteiger partial charge in [-0.2, -0.15) is 0 Å². The predicted octanol–water partition coefficient (Wildman–Crippen LogP) is 3.27. The maximum atomic E-state index is 11.9. The predicted molar refractivity (Wildman–Crippen MR) is 108 cm³/mol. The van der Waals surface area contributed by atoms with E-state index in [0.717, 1.165) is 5.57 Å². The van der Waals surface area contributed by atoms with Gasteiger partial charge < -0.3 is 24.7 Å². The van der Waals surface area contributed by atoms with Crippen LogP contribution in [0.15, 0.2) is 59.6 Å². The summed E-state index contributed by atoms with van der Waals surface area (Å²) in [6, 6.07) is 6.74. The molecule has 7 nitrogen and oxygen atoms in total. The van der Waals surface area contributed by atoms with Crippen molar-refractivity contribution in [2.24, 2.45) is 5.73 Å². The van der Waals surface area contributed by atoms with Gasteiger partial charge in [0.15, 0.2) is 0 Å². The third-order valence-corrected chi connectivity index (χ3v) is 3.92. The van der Waals surface area contributed by atoms with Crippen LogP contribution in [-0.4, -0.2) is 38.3 Å². The fourth-order valence-corrected chi connectivity index (χ4v) is 2.76. The van der Waals surface area contributed by atoms with E-state index in [9.17, 15) is 9.59 Å². The normalized spacial score (nSPS) is 14.7. The summed E-state index contributed by atoms with van der Waals surface area (Å²) in [7, 11) is 1.60. The van der Waals surface area contributed by atoms with Crippen molar-refractivity contribution in [1.29, 1.82) is 0 Å². The van der Waals surface area contributed by atoms with Crippen molar-refractivity contribution in [2.45, 2.75) is 32.8 Å². The number of amides is 1. The molecule has 1 unspecified atom stereocenters. The molecule has 1 aliphatic rings. The lowest BCUT2D eigenvalue weighted by atomic mass is 10.1. The van der Waals surface area contributed by atoms with Gasteiger partial charge in [-0.1, -0.05) is 11.6 Å². The largest absolute Gasteiger partial charge is 0.488 e. The maximum Gasteiger partial charge on any atom is 0.338 e. The number of primary amides is 1. The molecule has 0 saturated heterocycles. The van der Waals surface area contributed by atoms with Crippen molar-refractivity contribution < 1.29 is 28.5 Å². The summed E-state index contributed by atoms with van der Waals surface area (Å²) in [6.07, 6.45) is 5.78. The van der Waals surface area contributed by atoms with Crippen molar-refractivity contribution in [3.63, 3.8) is 0 Å². The summed E-state index contributed by atoms with van der Waals surface area (Å²) in [5.74, 6) is 0.727. The number of carbonyl (C=O) groups is 2. The Morgan fingerprint density at radius 2 is 2.00 bits per heavy atom. The number of methoxy groups -OCH3 is 1. The number of hydrogen-bond acceptors (Lipinski definition) is 6. The average Bonchev–Trinajstić information content (AvgIpc) is 2.83. The summed E-state index contributed by atoms with van der Waals surface area (Å²) in [5, 5.41) is 0. The molecule has 2 N–H and O–H groups in total. The molecule has 1 aliphatic carbocycles. The Labute approximate surface area is 170 Å². The van der Waals surface area contributed by atoms with Gasteiger partial charge in [0.2, 0.25) is 5.91 Å². The molecule has 1 atom stereocenters. The van der Waals surface area contributed by atoms with Crippen LogP contribution < -0.4 is 10.5 Å². The Hall–Kier alpha value is -3.06. The molecule has 2 rings (SSSR count). The van der Waals surface area contributed by atoms with E-state index in [1.165, 1.54) is 0 Å². The number of rotatable bonds is 10. The van der Waals surface area contributed by atoms with Gasteiger partial charge in [0.25, 0.3) is 0 Å². The second kappa shape index (κ2) is 11.1. The zero-order valence-corrected chi connectivity index (χ0v) is 17.0. The Balaban J connectivity index is 2.22. The SMILES string of the molecule is CCOC(=O)c1cccc(OC2=CCC(CC(N)=O)=CC(OC(C)COC)=C2)c1. The fraction of sp³-hybridized carbons (Fsp3) is 0.364. The van der Waals surface area contributed by atoms with Gasteiger partial charge >= 0.3 is 5.97 Å². The van der Waals surface area contributed by atoms with Crippen LogP contribution >= 0.6 is 0 Å². The van der Waals surface area contributed by atoms with Gasteiger partial charge in [-0.05, 0) is 50.6 Å². The minimum Gasteiger partial charge on any atom is -0.488 e. The number of allylic oxidation sites excluding steroid dienone is 3. The first-order chi connectivity index (χ1) is 13.9. The molecule has 0 radical (unpaired) electrons. The van der Waals surface area contributed by atoms with Crippen LogP contribution in [0.4, 0.5) is 0 Å². The monoisotopic (exact) mass is 401 g/mol. The first-order valence-electron chi connectivity index (χ1n) is 9.41. The summed E-state index contributed by atoms with van der Waals surface area (Å²) < 4.78 is 22.0. The smallest absolute Gasteiger partial charge is 0.338 e. The van der Waals surface area contributed by atoms with E-state index in [0.29, 0.717) is 42.5 Å². The third kappa shape index (κ3) is 7.46. The number of ether oxygens (including phenoxy) is 4. The van der Waals surface area contributed by atoms with E-state index >= 15 is 0 Å². The number of nitrogens with two attached hydrogens (primary N) is 1. The second-order valence-corrected chi connectivity index (χ2v) is 6.54. The molecule has 0 spiro atoms. The summed E-state index contributed by atoms with van der Waals surface area (Å²) in [5.41, 5.74) is 6.56. The number of esters is 1. The van der Waals surface area contributed by atoms with E-state index in [4.69, 9.17) is 24.7 Å². The van der Waals surface area contributed by atoms with Gasteiger partial charge in [0, 0.05) is 19.6 Å². The van der Waals surface area contributed by atoms with Crippen molar-refractivity contribution in [3.8, 4) is 5.75 Å². The van der Waals surface area contributed by atoms with E-state index in [2.05, 4.69) is 0 Å². The van der Waals surface area contributed by atoms with Crippen LogP contribution in [0, 0.1) is 0 Å². The third-order valence-electron chi connectivity index (χ3n) is 3.92. The highest BCUT2D eigenvalue weighted by molar-refractivity contribution is 5.89. The molecule has 1 aromatic rings. The number of hydrogen-bond donors (Lipinski definition) is 1. The molecule has 7 heteroatoms. The molecule has 0 aliphatic heterocycles. The van der Waals surface area contributed by atoms with Gasteiger partial charge in [0.1, 0.15) is 23.4 Å². The quantitative estimate of drug-likeness (QED) is 0.605. The summed E-state index contributed by atoms with van der Waals surface area (Å²) in [6.45, 7) is 4.34. The first-order valence-corrected chi connectivity index (χ1v) is 9.41. The Kier molecular flexibility index (Phi) is 8.48. The first kappa shape index (κ1) is 22.2. The lowest BCUT2D eigenvalue weighted by Gasteiger charge is -2.15. The number of carbonyl (C=O) groups excluding carboxylic acids is 2. The number of benzene rings is 1. The molecule has 29 heavy (non-hydrogen) atoms. The molecule has 0 fully saturated rings. The van der Waals surface area contributed by atoms with Crippen molar-refractivity contribution >= 4 is 11.9 Å². The summed E-state index contributed by atoms with van der Waals surface area (Å²) in [4.78, 5) is 23.3. The molecule has 0 heterocycles. The Bertz CT molecular complexity index is 824. The zero-order chi connectivity index (χ0) is 21.2. The fourth-order valence-electron chi connectivity index (χ4n) is 2.76. The molecule has 1 aromatic carbocycles. The highest BCUT2D eigenvalue weighted by atomic mass is 16.5. The standard InChI is InChI=1S/C22H27NO6/c1-4-27-22(25)17-6-5-7-18(12-17)29-19-9-8-16(11-21(23)24)10-20(13-19)28-15(2)14-26-3/h5-7,9-10,12-13,15H,4,8,11,14H2,1-3H3,(H2,23,24). The van der Waals surface area contributed by atoms with Crippen molar-refractivity contribution in [2.75, 3.05) is 20.3 Å². The van der Waals surface area contributed by atoms with E-state index < -0.39 is 11.9 Å². The topological polar surface area (TPSA) is 97.1 Å². The van der Waals surface area contributed by atoms with Crippen LogP contribution in [0.3, 0.4) is 0 Å². The van der Waals surface area contributed by atoms with E-state index in [-0.39, 0.29) is 12.5 Å². The Morgan fingerprint density at radius 3 is 2.69 bits per heavy atom. The lowest BCUT2D eigenvalue weighted by molar-refractivity contribution is -0.117. The minimum atomic E-state index is -0.416. The minimum absolute atomic E-state index is 0.126. The van der Waals surface area contributed by atoms with Gasteiger partial charge in [-0.15, -0.1) is 0 Å². The van der Waals surface area contributed by atoms with Crippen LogP contribution in [0.2, 0.25) is 0 Å². The zero-order valence-electron chi connectivity index (χ0n) is 17.0. The molecule has 0 saturated carbocycles. The van der Waals surface area contributed by atoms with E-state index in [1.807, 2.05) is 13.0 Å². The molecule has 1 amide bonds. The highest BCUT2D eigenvalue weighted by Crippen LogP contribution is 2.24. The molecule has 0 bridgehead atoms. The molecule has 156 valence electrons. The van der Waals surface area contributed by atoms with Crippen molar-refractivity contribution in [1.82, 2.24) is 0 Å². The molecular formula is C22H27NO6. The average molecular weight is 401 g/mol. The maximum absolute atomic E-state index is 11.9. The van der Waals surface area contributed by atoms with E-state index in [1.54, 1.807) is 50.5 Å². The van der Waals surface area contributed by atoms with Crippen LogP contribution in [0.5, 0.6) is 5.75 Å².